The number of rotatable bonds is 5. The number of hydrogen-bond donors (Lipinski definition) is 0. The molecule has 3 nitrogen and oxygen atoms in total. The topological polar surface area (TPSA) is 35.0 Å². The van der Waals surface area contributed by atoms with Crippen molar-refractivity contribution in [2.45, 2.75) is 5.41 Å². The van der Waals surface area contributed by atoms with Crippen LogP contribution >= 0.6 is 0 Å². The third-order valence-corrected chi connectivity index (χ3v) is 11.4. The van der Waals surface area contributed by atoms with Crippen molar-refractivity contribution in [3.8, 4) is 78.8 Å². The predicted octanol–water partition coefficient (Wildman–Crippen LogP) is 13.3. The molecule has 0 saturated heterocycles. The number of hydrogen-bond acceptors (Lipinski definition) is 3. The molecule has 262 valence electrons. The molecule has 56 heavy (non-hydrogen) atoms. The first-order chi connectivity index (χ1) is 27.8. The van der Waals surface area contributed by atoms with Gasteiger partial charge in [-0.05, 0) is 62.7 Å². The summed E-state index contributed by atoms with van der Waals surface area (Å²) >= 11 is 0. The van der Waals surface area contributed by atoms with Crippen LogP contribution in [0, 0.1) is 0 Å². The minimum Gasteiger partial charge on any atom is -0.457 e. The first-order valence-electron chi connectivity index (χ1n) is 19.1. The van der Waals surface area contributed by atoms with Crippen LogP contribution in [0.1, 0.15) is 22.3 Å². The smallest absolute Gasteiger partial charge is 0.160 e. The van der Waals surface area contributed by atoms with E-state index in [4.69, 9.17) is 14.7 Å². The fourth-order valence-electron chi connectivity index (χ4n) is 8.90. The van der Waals surface area contributed by atoms with Gasteiger partial charge in [-0.1, -0.05) is 188 Å². The van der Waals surface area contributed by atoms with Crippen molar-refractivity contribution in [1.82, 2.24) is 9.97 Å². The molecule has 0 atom stereocenters. The summed E-state index contributed by atoms with van der Waals surface area (Å²) in [7, 11) is 0. The van der Waals surface area contributed by atoms with E-state index in [2.05, 4.69) is 170 Å². The lowest BCUT2D eigenvalue weighted by Gasteiger charge is -2.39. The molecule has 1 aromatic heterocycles. The molecule has 11 rings (SSSR count). The number of benzene rings is 8. The molecule has 0 radical (unpaired) electrons. The fraction of sp³-hybridized carbons (Fsp3) is 0.0189. The monoisotopic (exact) mass is 714 g/mol. The summed E-state index contributed by atoms with van der Waals surface area (Å²) in [5.41, 5.74) is 16.4. The Kier molecular flexibility index (Phi) is 7.39. The van der Waals surface area contributed by atoms with Gasteiger partial charge in [0.2, 0.25) is 0 Å². The van der Waals surface area contributed by atoms with Crippen LogP contribution in [0.2, 0.25) is 0 Å². The molecule has 0 unspecified atom stereocenters. The minimum atomic E-state index is -0.467. The summed E-state index contributed by atoms with van der Waals surface area (Å²) < 4.78 is 6.79. The maximum atomic E-state index is 6.79. The van der Waals surface area contributed by atoms with Crippen LogP contribution in [0.15, 0.2) is 206 Å². The Hall–Kier alpha value is -7.36. The van der Waals surface area contributed by atoms with Crippen molar-refractivity contribution in [1.29, 1.82) is 0 Å². The second-order valence-electron chi connectivity index (χ2n) is 14.5. The summed E-state index contributed by atoms with van der Waals surface area (Å²) in [5, 5.41) is 0. The molecule has 0 saturated carbocycles. The van der Waals surface area contributed by atoms with E-state index in [1.165, 1.54) is 27.8 Å². The molecule has 8 aromatic carbocycles. The summed E-state index contributed by atoms with van der Waals surface area (Å²) in [4.78, 5) is 10.2. The van der Waals surface area contributed by atoms with E-state index in [0.29, 0.717) is 5.82 Å². The summed E-state index contributed by atoms with van der Waals surface area (Å²) in [6.07, 6.45) is 0. The molecule has 2 aliphatic rings. The molecule has 1 aliphatic carbocycles. The Bertz CT molecular complexity index is 2830. The lowest BCUT2D eigenvalue weighted by Crippen LogP contribution is -2.32. The summed E-state index contributed by atoms with van der Waals surface area (Å²) in [5.74, 6) is 2.48. The third-order valence-electron chi connectivity index (χ3n) is 11.4. The van der Waals surface area contributed by atoms with Gasteiger partial charge in [0.1, 0.15) is 11.5 Å². The normalized spacial score (nSPS) is 12.9. The van der Waals surface area contributed by atoms with Crippen LogP contribution in [0.4, 0.5) is 0 Å². The highest BCUT2D eigenvalue weighted by molar-refractivity contribution is 5.89. The largest absolute Gasteiger partial charge is 0.457 e. The molecule has 2 heterocycles. The highest BCUT2D eigenvalue weighted by Gasteiger charge is 2.50. The van der Waals surface area contributed by atoms with Gasteiger partial charge in [0, 0.05) is 27.8 Å². The van der Waals surface area contributed by atoms with Gasteiger partial charge in [-0.3, -0.25) is 0 Å². The van der Waals surface area contributed by atoms with Gasteiger partial charge in [0.05, 0.1) is 16.8 Å². The zero-order valence-electron chi connectivity index (χ0n) is 30.4. The van der Waals surface area contributed by atoms with Crippen LogP contribution in [0.3, 0.4) is 0 Å². The predicted molar refractivity (Wildman–Crippen MR) is 227 cm³/mol. The van der Waals surface area contributed by atoms with E-state index in [0.717, 1.165) is 67.4 Å². The highest BCUT2D eigenvalue weighted by atomic mass is 16.5. The molecule has 0 amide bonds. The van der Waals surface area contributed by atoms with Gasteiger partial charge in [-0.15, -0.1) is 0 Å². The molecular weight excluding hydrogens is 681 g/mol. The fourth-order valence-corrected chi connectivity index (χ4v) is 8.90. The van der Waals surface area contributed by atoms with Crippen LogP contribution < -0.4 is 4.74 Å². The van der Waals surface area contributed by atoms with E-state index in [9.17, 15) is 0 Å². The lowest BCUT2D eigenvalue weighted by atomic mass is 9.66. The van der Waals surface area contributed by atoms with Crippen molar-refractivity contribution >= 4 is 0 Å². The van der Waals surface area contributed by atoms with Crippen LogP contribution in [-0.4, -0.2) is 9.97 Å². The number of para-hydroxylation sites is 1. The average molecular weight is 715 g/mol. The van der Waals surface area contributed by atoms with Gasteiger partial charge in [0.15, 0.2) is 5.82 Å². The molecule has 0 N–H and O–H groups in total. The minimum absolute atomic E-state index is 0.467. The van der Waals surface area contributed by atoms with Gasteiger partial charge >= 0.3 is 0 Å². The van der Waals surface area contributed by atoms with Crippen molar-refractivity contribution in [3.63, 3.8) is 0 Å². The Balaban J connectivity index is 0.997. The van der Waals surface area contributed by atoms with E-state index >= 15 is 0 Å². The van der Waals surface area contributed by atoms with Gasteiger partial charge in [-0.25, -0.2) is 9.97 Å². The van der Waals surface area contributed by atoms with Gasteiger partial charge in [0.25, 0.3) is 0 Å². The number of fused-ring (bicyclic) bond motifs is 9. The van der Waals surface area contributed by atoms with Crippen LogP contribution in [0.25, 0.3) is 67.3 Å². The van der Waals surface area contributed by atoms with Crippen molar-refractivity contribution in [3.05, 3.63) is 229 Å². The summed E-state index contributed by atoms with van der Waals surface area (Å²) in [6, 6.07) is 73.0. The molecule has 3 heteroatoms. The van der Waals surface area contributed by atoms with Crippen molar-refractivity contribution in [2.75, 3.05) is 0 Å². The molecule has 0 fully saturated rings. The number of nitrogens with zero attached hydrogens (tertiary/aromatic N) is 2. The Morgan fingerprint density at radius 2 is 0.804 bits per heavy atom. The number of ether oxygens (including phenoxy) is 1. The quantitative estimate of drug-likeness (QED) is 0.178. The van der Waals surface area contributed by atoms with Crippen LogP contribution in [-0.2, 0) is 5.41 Å². The third kappa shape index (κ3) is 4.98. The van der Waals surface area contributed by atoms with E-state index < -0.39 is 5.41 Å². The average Bonchev–Trinajstić information content (AvgIpc) is 3.57. The highest BCUT2D eigenvalue weighted by Crippen LogP contribution is 2.62. The molecular formula is C53H34N2O. The molecule has 1 aliphatic heterocycles. The second kappa shape index (κ2) is 12.9. The Morgan fingerprint density at radius 3 is 1.50 bits per heavy atom. The molecule has 0 bridgehead atoms. The zero-order valence-corrected chi connectivity index (χ0v) is 30.4. The van der Waals surface area contributed by atoms with E-state index in [1.807, 2.05) is 36.4 Å². The Morgan fingerprint density at radius 1 is 0.304 bits per heavy atom. The standard InChI is InChI=1S/C53H34N2O/c1-3-15-37(16-4-1)48-34-49(55-52(54-48)38-17-5-2-6-18-38)43-22-8-7-19-40(43)36-29-27-35(28-30-36)39-31-32-47-51(33-39)56-50-26-14-13-25-46(50)53(47)44-23-11-9-20-41(44)42-21-10-12-24-45(42)53/h1-34H. The molecule has 1 spiro atoms. The van der Waals surface area contributed by atoms with Crippen molar-refractivity contribution in [2.24, 2.45) is 0 Å². The number of aromatic nitrogens is 2. The second-order valence-corrected chi connectivity index (χ2v) is 14.5. The first-order valence-corrected chi connectivity index (χ1v) is 19.1. The summed E-state index contributed by atoms with van der Waals surface area (Å²) in [6.45, 7) is 0. The zero-order chi connectivity index (χ0) is 37.1. The van der Waals surface area contributed by atoms with Gasteiger partial charge < -0.3 is 4.74 Å². The SMILES string of the molecule is c1ccc(-c2cc(-c3ccccc3-c3ccc(-c4ccc5c(c4)Oc4ccccc4C54c5ccccc5-c5ccccc54)cc3)nc(-c3ccccc3)n2)cc1. The van der Waals surface area contributed by atoms with E-state index in [-0.39, 0.29) is 0 Å². The first kappa shape index (κ1) is 32.1. The maximum Gasteiger partial charge on any atom is 0.160 e. The van der Waals surface area contributed by atoms with Gasteiger partial charge in [-0.2, -0.15) is 0 Å². The lowest BCUT2D eigenvalue weighted by molar-refractivity contribution is 0.436. The molecule has 9 aromatic rings. The van der Waals surface area contributed by atoms with E-state index in [1.54, 1.807) is 0 Å². The maximum absolute atomic E-state index is 6.79. The van der Waals surface area contributed by atoms with Crippen LogP contribution in [0.5, 0.6) is 11.5 Å². The Labute approximate surface area is 326 Å². The van der Waals surface area contributed by atoms with Crippen molar-refractivity contribution < 1.29 is 4.74 Å².